The Balaban J connectivity index is 2.14. The summed E-state index contributed by atoms with van der Waals surface area (Å²) in [6, 6.07) is 1.65. The Morgan fingerprint density at radius 2 is 1.89 bits per heavy atom. The molecule has 0 bridgehead atoms. The van der Waals surface area contributed by atoms with Gasteiger partial charge in [-0.15, -0.1) is 0 Å². The lowest BCUT2D eigenvalue weighted by molar-refractivity contribution is -0.128. The highest BCUT2D eigenvalue weighted by atomic mass is 19.2. The second-order valence-electron chi connectivity index (χ2n) is 4.45. The predicted molar refractivity (Wildman–Crippen MR) is 59.0 cm³/mol. The average molecular weight is 272 g/mol. The summed E-state index contributed by atoms with van der Waals surface area (Å²) in [5, 5.41) is 0. The van der Waals surface area contributed by atoms with Crippen LogP contribution in [0.15, 0.2) is 12.1 Å². The number of hydrogen-bond acceptors (Lipinski definition) is 2. The van der Waals surface area contributed by atoms with Gasteiger partial charge in [-0.25, -0.2) is 13.2 Å². The van der Waals surface area contributed by atoms with E-state index in [1.165, 1.54) is 4.90 Å². The average Bonchev–Trinajstić information content (AvgIpc) is 2.68. The topological polar surface area (TPSA) is 63.4 Å². The van der Waals surface area contributed by atoms with Crippen molar-refractivity contribution in [3.05, 3.63) is 35.1 Å². The van der Waals surface area contributed by atoms with Crippen molar-refractivity contribution < 1.29 is 22.8 Å². The molecule has 1 saturated heterocycles. The molecule has 7 heteroatoms. The summed E-state index contributed by atoms with van der Waals surface area (Å²) < 4.78 is 38.8. The first-order chi connectivity index (χ1) is 8.88. The van der Waals surface area contributed by atoms with Crippen molar-refractivity contribution >= 4 is 11.8 Å². The summed E-state index contributed by atoms with van der Waals surface area (Å²) in [6.45, 7) is 0.0194. The molecule has 1 unspecified atom stereocenters. The van der Waals surface area contributed by atoms with E-state index >= 15 is 0 Å². The van der Waals surface area contributed by atoms with Crippen molar-refractivity contribution in [3.8, 4) is 0 Å². The quantitative estimate of drug-likeness (QED) is 0.832. The van der Waals surface area contributed by atoms with E-state index in [-0.39, 0.29) is 31.0 Å². The molecule has 2 amide bonds. The lowest BCUT2D eigenvalue weighted by Crippen LogP contribution is -2.28. The van der Waals surface area contributed by atoms with E-state index in [4.69, 9.17) is 5.73 Å². The minimum Gasteiger partial charge on any atom is -0.369 e. The van der Waals surface area contributed by atoms with Crippen LogP contribution in [0.5, 0.6) is 0 Å². The molecule has 1 fully saturated rings. The van der Waals surface area contributed by atoms with Gasteiger partial charge in [0.15, 0.2) is 17.5 Å². The van der Waals surface area contributed by atoms with Gasteiger partial charge in [-0.1, -0.05) is 0 Å². The number of benzene rings is 1. The highest BCUT2D eigenvalue weighted by Gasteiger charge is 2.33. The van der Waals surface area contributed by atoms with Gasteiger partial charge < -0.3 is 10.6 Å². The summed E-state index contributed by atoms with van der Waals surface area (Å²) in [6.07, 6.45) is -0.0124. The van der Waals surface area contributed by atoms with Gasteiger partial charge in [-0.3, -0.25) is 9.59 Å². The normalized spacial score (nSPS) is 19.0. The van der Waals surface area contributed by atoms with Gasteiger partial charge in [0.1, 0.15) is 0 Å². The second kappa shape index (κ2) is 4.91. The maximum absolute atomic E-state index is 13.0. The van der Waals surface area contributed by atoms with Gasteiger partial charge in [0.25, 0.3) is 0 Å². The van der Waals surface area contributed by atoms with Crippen LogP contribution in [-0.4, -0.2) is 23.3 Å². The number of likely N-dealkylation sites (tertiary alicyclic amines) is 1. The zero-order valence-corrected chi connectivity index (χ0v) is 9.83. The van der Waals surface area contributed by atoms with E-state index < -0.39 is 29.3 Å². The third-order valence-electron chi connectivity index (χ3n) is 3.03. The molecule has 0 radical (unpaired) electrons. The van der Waals surface area contributed by atoms with Gasteiger partial charge in [0, 0.05) is 19.5 Å². The summed E-state index contributed by atoms with van der Waals surface area (Å²) in [5.74, 6) is -5.68. The Morgan fingerprint density at radius 3 is 2.37 bits per heavy atom. The van der Waals surface area contributed by atoms with Gasteiger partial charge in [0.05, 0.1) is 5.92 Å². The number of nitrogens with two attached hydrogens (primary N) is 1. The first-order valence-electron chi connectivity index (χ1n) is 5.59. The van der Waals surface area contributed by atoms with Gasteiger partial charge in [-0.05, 0) is 17.7 Å². The number of halogens is 3. The standard InChI is InChI=1S/C12H11F3N2O2/c13-8-1-6(2-9(14)11(8)15)4-17-5-7(12(16)19)3-10(17)18/h1-2,7H,3-5H2,(H2,16,19). The number of nitrogens with zero attached hydrogens (tertiary/aromatic N) is 1. The fourth-order valence-corrected chi connectivity index (χ4v) is 2.04. The summed E-state index contributed by atoms with van der Waals surface area (Å²) >= 11 is 0. The van der Waals surface area contributed by atoms with Crippen LogP contribution >= 0.6 is 0 Å². The van der Waals surface area contributed by atoms with Crippen molar-refractivity contribution in [2.24, 2.45) is 11.7 Å². The lowest BCUT2D eigenvalue weighted by Gasteiger charge is -2.16. The maximum atomic E-state index is 13.0. The van der Waals surface area contributed by atoms with E-state index in [0.29, 0.717) is 0 Å². The summed E-state index contributed by atoms with van der Waals surface area (Å²) in [4.78, 5) is 23.8. The summed E-state index contributed by atoms with van der Waals surface area (Å²) in [5.41, 5.74) is 5.22. The van der Waals surface area contributed by atoms with E-state index in [1.807, 2.05) is 0 Å². The fourth-order valence-electron chi connectivity index (χ4n) is 2.04. The molecule has 1 heterocycles. The molecule has 19 heavy (non-hydrogen) atoms. The molecule has 2 N–H and O–H groups in total. The lowest BCUT2D eigenvalue weighted by atomic mass is 10.1. The third-order valence-corrected chi connectivity index (χ3v) is 3.03. The Morgan fingerprint density at radius 1 is 1.32 bits per heavy atom. The molecule has 1 aliphatic heterocycles. The van der Waals surface area contributed by atoms with Crippen molar-refractivity contribution in [1.29, 1.82) is 0 Å². The molecule has 1 aliphatic rings. The second-order valence-corrected chi connectivity index (χ2v) is 4.45. The molecule has 0 spiro atoms. The molecule has 1 atom stereocenters. The number of hydrogen-bond donors (Lipinski definition) is 1. The van der Waals surface area contributed by atoms with Crippen LogP contribution in [0, 0.1) is 23.4 Å². The Hall–Kier alpha value is -2.05. The molecular formula is C12H11F3N2O2. The number of rotatable bonds is 3. The first kappa shape index (κ1) is 13.4. The van der Waals surface area contributed by atoms with Crippen molar-refractivity contribution in [3.63, 3.8) is 0 Å². The molecule has 1 aromatic rings. The van der Waals surface area contributed by atoms with E-state index in [0.717, 1.165) is 12.1 Å². The number of amides is 2. The van der Waals surface area contributed by atoms with E-state index in [9.17, 15) is 22.8 Å². The molecule has 2 rings (SSSR count). The van der Waals surface area contributed by atoms with Crippen molar-refractivity contribution in [2.75, 3.05) is 6.54 Å². The SMILES string of the molecule is NC(=O)C1CC(=O)N(Cc2cc(F)c(F)c(F)c2)C1. The van der Waals surface area contributed by atoms with Crippen molar-refractivity contribution in [1.82, 2.24) is 4.90 Å². The number of carbonyl (C=O) groups is 2. The first-order valence-corrected chi connectivity index (χ1v) is 5.59. The van der Waals surface area contributed by atoms with Crippen LogP contribution in [-0.2, 0) is 16.1 Å². The minimum atomic E-state index is -1.55. The van der Waals surface area contributed by atoms with Crippen LogP contribution in [0.2, 0.25) is 0 Å². The highest BCUT2D eigenvalue weighted by molar-refractivity contribution is 5.88. The zero-order chi connectivity index (χ0) is 14.2. The Bertz CT molecular complexity index is 525. The highest BCUT2D eigenvalue weighted by Crippen LogP contribution is 2.21. The molecule has 1 aromatic carbocycles. The Kier molecular flexibility index (Phi) is 3.46. The van der Waals surface area contributed by atoms with Crippen LogP contribution in [0.1, 0.15) is 12.0 Å². The minimum absolute atomic E-state index is 0.0124. The number of primary amides is 1. The number of carbonyl (C=O) groups excluding carboxylic acids is 2. The molecule has 4 nitrogen and oxygen atoms in total. The maximum Gasteiger partial charge on any atom is 0.223 e. The third kappa shape index (κ3) is 2.69. The van der Waals surface area contributed by atoms with Gasteiger partial charge in [-0.2, -0.15) is 0 Å². The van der Waals surface area contributed by atoms with E-state index in [1.54, 1.807) is 0 Å². The molecule has 102 valence electrons. The summed E-state index contributed by atoms with van der Waals surface area (Å²) in [7, 11) is 0. The van der Waals surface area contributed by atoms with Crippen LogP contribution in [0.3, 0.4) is 0 Å². The predicted octanol–water partition coefficient (Wildman–Crippen LogP) is 0.938. The zero-order valence-electron chi connectivity index (χ0n) is 9.83. The monoisotopic (exact) mass is 272 g/mol. The smallest absolute Gasteiger partial charge is 0.223 e. The molecular weight excluding hydrogens is 261 g/mol. The Labute approximate surface area is 107 Å². The molecule has 0 aliphatic carbocycles. The van der Waals surface area contributed by atoms with Crippen molar-refractivity contribution in [2.45, 2.75) is 13.0 Å². The fraction of sp³-hybridized carbons (Fsp3) is 0.333. The van der Waals surface area contributed by atoms with E-state index in [2.05, 4.69) is 0 Å². The molecule has 0 aromatic heterocycles. The van der Waals surface area contributed by atoms with Gasteiger partial charge >= 0.3 is 0 Å². The van der Waals surface area contributed by atoms with Crippen LogP contribution in [0.25, 0.3) is 0 Å². The molecule has 0 saturated carbocycles. The van der Waals surface area contributed by atoms with Crippen LogP contribution in [0.4, 0.5) is 13.2 Å². The largest absolute Gasteiger partial charge is 0.369 e. The van der Waals surface area contributed by atoms with Crippen LogP contribution < -0.4 is 5.73 Å². The van der Waals surface area contributed by atoms with Gasteiger partial charge in [0.2, 0.25) is 11.8 Å².